The Morgan fingerprint density at radius 3 is 2.14 bits per heavy atom. The van der Waals surface area contributed by atoms with Crippen LogP contribution in [0, 0.1) is 0 Å². The van der Waals surface area contributed by atoms with Gasteiger partial charge in [-0.25, -0.2) is 4.79 Å². The zero-order valence-corrected chi connectivity index (χ0v) is 12.8. The van der Waals surface area contributed by atoms with Gasteiger partial charge >= 0.3 is 5.97 Å². The number of aliphatic carboxylic acids is 1. The number of carboxylic acid groups (broad SMARTS) is 1. The summed E-state index contributed by atoms with van der Waals surface area (Å²) in [6, 6.07) is 7.48. The fourth-order valence-electron chi connectivity index (χ4n) is 2.06. The van der Waals surface area contributed by atoms with Crippen LogP contribution in [0.4, 0.5) is 0 Å². The van der Waals surface area contributed by atoms with Gasteiger partial charge in [-0.3, -0.25) is 4.79 Å². The largest absolute Gasteiger partial charge is 0.484 e. The van der Waals surface area contributed by atoms with Crippen molar-refractivity contribution in [2.45, 2.75) is 45.6 Å². The molecule has 0 saturated carbocycles. The molecule has 0 aliphatic carbocycles. The lowest BCUT2D eigenvalue weighted by atomic mass is 9.93. The number of carbonyl (C=O) groups excluding carboxylic acids is 1. The lowest BCUT2D eigenvalue weighted by molar-refractivity contribution is -0.148. The van der Waals surface area contributed by atoms with E-state index >= 15 is 0 Å². The Morgan fingerprint density at radius 2 is 1.71 bits per heavy atom. The van der Waals surface area contributed by atoms with Crippen LogP contribution in [0.2, 0.25) is 0 Å². The molecule has 0 atom stereocenters. The molecule has 0 aromatic heterocycles. The van der Waals surface area contributed by atoms with E-state index in [1.807, 2.05) is 12.1 Å². The van der Waals surface area contributed by atoms with Gasteiger partial charge in [-0.1, -0.05) is 32.9 Å². The third-order valence-corrected chi connectivity index (χ3v) is 3.70. The summed E-state index contributed by atoms with van der Waals surface area (Å²) in [4.78, 5) is 23.2. The summed E-state index contributed by atoms with van der Waals surface area (Å²) >= 11 is 0. The van der Waals surface area contributed by atoms with Gasteiger partial charge in [0.1, 0.15) is 11.3 Å². The number of carboxylic acids is 1. The van der Waals surface area contributed by atoms with E-state index in [0.717, 1.165) is 6.42 Å². The van der Waals surface area contributed by atoms with Gasteiger partial charge in [0.15, 0.2) is 6.61 Å². The van der Waals surface area contributed by atoms with Crippen molar-refractivity contribution >= 4 is 11.9 Å². The van der Waals surface area contributed by atoms with Crippen LogP contribution in [0.15, 0.2) is 24.3 Å². The quantitative estimate of drug-likeness (QED) is 0.771. The molecule has 2 N–H and O–H groups in total. The first-order valence-corrected chi connectivity index (χ1v) is 7.23. The van der Waals surface area contributed by atoms with Gasteiger partial charge in [0.2, 0.25) is 0 Å². The van der Waals surface area contributed by atoms with Crippen molar-refractivity contribution < 1.29 is 19.4 Å². The van der Waals surface area contributed by atoms with Crippen molar-refractivity contribution in [2.75, 3.05) is 6.61 Å². The van der Waals surface area contributed by atoms with Crippen molar-refractivity contribution in [3.63, 3.8) is 0 Å². The lowest BCUT2D eigenvalue weighted by Crippen LogP contribution is -2.54. The van der Waals surface area contributed by atoms with Gasteiger partial charge in [0, 0.05) is 0 Å². The molecule has 0 unspecified atom stereocenters. The number of amides is 1. The Bertz CT molecular complexity index is 478. The van der Waals surface area contributed by atoms with Gasteiger partial charge in [0.25, 0.3) is 5.91 Å². The Kier molecular flexibility index (Phi) is 6.21. The van der Waals surface area contributed by atoms with Crippen LogP contribution in [-0.2, 0) is 16.0 Å². The Balaban J connectivity index is 2.58. The van der Waals surface area contributed by atoms with E-state index in [1.54, 1.807) is 26.0 Å². The highest BCUT2D eigenvalue weighted by atomic mass is 16.5. The summed E-state index contributed by atoms with van der Waals surface area (Å²) in [6.07, 6.45) is 1.60. The van der Waals surface area contributed by atoms with E-state index < -0.39 is 17.4 Å². The van der Waals surface area contributed by atoms with Gasteiger partial charge in [0.05, 0.1) is 0 Å². The predicted octanol–water partition coefficient (Wildman–Crippen LogP) is 2.39. The lowest BCUT2D eigenvalue weighted by Gasteiger charge is -2.27. The van der Waals surface area contributed by atoms with Gasteiger partial charge in [-0.05, 0) is 37.0 Å². The second-order valence-electron chi connectivity index (χ2n) is 4.93. The maximum Gasteiger partial charge on any atom is 0.329 e. The molecule has 1 rings (SSSR count). The molecule has 0 bridgehead atoms. The van der Waals surface area contributed by atoms with Gasteiger partial charge in [-0.15, -0.1) is 0 Å². The number of aryl methyl sites for hydroxylation is 1. The maximum absolute atomic E-state index is 11.9. The molecule has 1 aromatic rings. The minimum Gasteiger partial charge on any atom is -0.484 e. The van der Waals surface area contributed by atoms with E-state index in [1.165, 1.54) is 5.56 Å². The van der Waals surface area contributed by atoms with E-state index in [4.69, 9.17) is 4.74 Å². The SMILES string of the molecule is CCc1ccc(OCC(=O)NC(CC)(CC)C(=O)O)cc1. The Labute approximate surface area is 125 Å². The predicted molar refractivity (Wildman–Crippen MR) is 80.4 cm³/mol. The van der Waals surface area contributed by atoms with Crippen molar-refractivity contribution in [1.82, 2.24) is 5.32 Å². The molecule has 0 aliphatic rings. The van der Waals surface area contributed by atoms with Crippen LogP contribution in [0.25, 0.3) is 0 Å². The van der Waals surface area contributed by atoms with Gasteiger partial charge in [-0.2, -0.15) is 0 Å². The van der Waals surface area contributed by atoms with Crippen molar-refractivity contribution in [1.29, 1.82) is 0 Å². The highest BCUT2D eigenvalue weighted by Crippen LogP contribution is 2.16. The third kappa shape index (κ3) is 4.48. The normalized spacial score (nSPS) is 11.0. The zero-order valence-electron chi connectivity index (χ0n) is 12.8. The number of rotatable bonds is 8. The summed E-state index contributed by atoms with van der Waals surface area (Å²) in [5, 5.41) is 11.8. The monoisotopic (exact) mass is 293 g/mol. The average Bonchev–Trinajstić information content (AvgIpc) is 2.50. The van der Waals surface area contributed by atoms with Crippen LogP contribution >= 0.6 is 0 Å². The average molecular weight is 293 g/mol. The molecule has 0 radical (unpaired) electrons. The molecule has 1 aromatic carbocycles. The first kappa shape index (κ1) is 17.0. The Hall–Kier alpha value is -2.04. The number of hydrogen-bond acceptors (Lipinski definition) is 3. The number of ether oxygens (including phenoxy) is 1. The first-order valence-electron chi connectivity index (χ1n) is 7.23. The van der Waals surface area contributed by atoms with Gasteiger partial charge < -0.3 is 15.2 Å². The molecule has 5 nitrogen and oxygen atoms in total. The second kappa shape index (κ2) is 7.67. The third-order valence-electron chi connectivity index (χ3n) is 3.70. The fraction of sp³-hybridized carbons (Fsp3) is 0.500. The molecule has 0 fully saturated rings. The van der Waals surface area contributed by atoms with E-state index in [9.17, 15) is 14.7 Å². The minimum atomic E-state index is -1.22. The van der Waals surface area contributed by atoms with Crippen LogP contribution in [0.1, 0.15) is 39.2 Å². The van der Waals surface area contributed by atoms with Crippen molar-refractivity contribution in [2.24, 2.45) is 0 Å². The maximum atomic E-state index is 11.9. The summed E-state index contributed by atoms with van der Waals surface area (Å²) in [5.41, 5.74) is -0.0272. The molecule has 5 heteroatoms. The molecular weight excluding hydrogens is 270 g/mol. The molecule has 116 valence electrons. The van der Waals surface area contributed by atoms with Crippen molar-refractivity contribution in [3.05, 3.63) is 29.8 Å². The zero-order chi connectivity index (χ0) is 15.9. The topological polar surface area (TPSA) is 75.6 Å². The summed E-state index contributed by atoms with van der Waals surface area (Å²) < 4.78 is 5.38. The molecule has 0 aliphatic heterocycles. The molecular formula is C16H23NO4. The summed E-state index contributed by atoms with van der Waals surface area (Å²) in [6.45, 7) is 5.34. The number of carbonyl (C=O) groups is 2. The van der Waals surface area contributed by atoms with Crippen LogP contribution in [0.5, 0.6) is 5.75 Å². The highest BCUT2D eigenvalue weighted by Gasteiger charge is 2.36. The Morgan fingerprint density at radius 1 is 1.14 bits per heavy atom. The van der Waals surface area contributed by atoms with Crippen LogP contribution in [-0.4, -0.2) is 29.1 Å². The minimum absolute atomic E-state index is 0.194. The molecule has 0 heterocycles. The number of hydrogen-bond donors (Lipinski definition) is 2. The first-order chi connectivity index (χ1) is 9.97. The summed E-state index contributed by atoms with van der Waals surface area (Å²) in [7, 11) is 0. The molecule has 21 heavy (non-hydrogen) atoms. The molecule has 0 saturated heterocycles. The summed E-state index contributed by atoms with van der Waals surface area (Å²) in [5.74, 6) is -0.856. The van der Waals surface area contributed by atoms with Crippen LogP contribution in [0.3, 0.4) is 0 Å². The van der Waals surface area contributed by atoms with E-state index in [-0.39, 0.29) is 6.61 Å². The highest BCUT2D eigenvalue weighted by molar-refractivity contribution is 5.87. The molecule has 0 spiro atoms. The fourth-order valence-corrected chi connectivity index (χ4v) is 2.06. The standard InChI is InChI=1S/C16H23NO4/c1-4-12-7-9-13(10-8-12)21-11-14(18)17-16(5-2,6-3)15(19)20/h7-10H,4-6,11H2,1-3H3,(H,17,18)(H,19,20). The molecule has 1 amide bonds. The van der Waals surface area contributed by atoms with E-state index in [2.05, 4.69) is 12.2 Å². The van der Waals surface area contributed by atoms with Crippen LogP contribution < -0.4 is 10.1 Å². The number of benzene rings is 1. The smallest absolute Gasteiger partial charge is 0.329 e. The van der Waals surface area contributed by atoms with E-state index in [0.29, 0.717) is 18.6 Å². The number of nitrogens with one attached hydrogen (secondary N) is 1. The second-order valence-corrected chi connectivity index (χ2v) is 4.93. The van der Waals surface area contributed by atoms with Crippen molar-refractivity contribution in [3.8, 4) is 5.75 Å².